The standard InChI is InChI=1S/C18H11N5O4/c19-10-16-15(11-1-5-13(6-2-11)22(24)25)9-17(21-18(16)20)12-3-7-14(8-4-12)23(26)27/h1-9H,(H2,20,21). The van der Waals surface area contributed by atoms with Gasteiger partial charge in [-0.25, -0.2) is 4.98 Å². The van der Waals surface area contributed by atoms with Gasteiger partial charge in [0, 0.05) is 35.4 Å². The summed E-state index contributed by atoms with van der Waals surface area (Å²) >= 11 is 0. The number of aromatic nitrogens is 1. The maximum Gasteiger partial charge on any atom is 0.269 e. The van der Waals surface area contributed by atoms with Gasteiger partial charge in [-0.1, -0.05) is 0 Å². The van der Waals surface area contributed by atoms with Crippen LogP contribution in [0.25, 0.3) is 22.4 Å². The van der Waals surface area contributed by atoms with Crippen molar-refractivity contribution in [2.45, 2.75) is 0 Å². The third-order valence-corrected chi connectivity index (χ3v) is 3.92. The van der Waals surface area contributed by atoms with Crippen molar-refractivity contribution < 1.29 is 9.85 Å². The van der Waals surface area contributed by atoms with Crippen LogP contribution < -0.4 is 5.73 Å². The highest BCUT2D eigenvalue weighted by atomic mass is 16.6. The Kier molecular flexibility index (Phi) is 4.47. The third kappa shape index (κ3) is 3.40. The highest BCUT2D eigenvalue weighted by molar-refractivity contribution is 5.80. The van der Waals surface area contributed by atoms with E-state index in [4.69, 9.17) is 5.73 Å². The summed E-state index contributed by atoms with van der Waals surface area (Å²) in [6.45, 7) is 0. The molecule has 0 aliphatic heterocycles. The lowest BCUT2D eigenvalue weighted by atomic mass is 9.98. The molecule has 1 heterocycles. The van der Waals surface area contributed by atoms with Gasteiger partial charge in [-0.05, 0) is 35.9 Å². The SMILES string of the molecule is N#Cc1c(-c2ccc([N+](=O)[O-])cc2)cc(-c2ccc([N+](=O)[O-])cc2)nc1N. The summed E-state index contributed by atoms with van der Waals surface area (Å²) in [5.41, 5.74) is 7.97. The Hall–Kier alpha value is -4.32. The average molecular weight is 361 g/mol. The van der Waals surface area contributed by atoms with E-state index in [-0.39, 0.29) is 22.8 Å². The minimum absolute atomic E-state index is 0.00158. The number of hydrogen-bond donors (Lipinski definition) is 1. The first-order valence-corrected chi connectivity index (χ1v) is 7.61. The molecule has 0 radical (unpaired) electrons. The molecule has 3 rings (SSSR count). The monoisotopic (exact) mass is 361 g/mol. The van der Waals surface area contributed by atoms with Crippen LogP contribution in [0.5, 0.6) is 0 Å². The number of nitrogens with two attached hydrogens (primary N) is 1. The Morgan fingerprint density at radius 1 is 0.889 bits per heavy atom. The number of benzene rings is 2. The molecule has 2 aromatic carbocycles. The van der Waals surface area contributed by atoms with Crippen molar-refractivity contribution in [3.63, 3.8) is 0 Å². The molecule has 9 heteroatoms. The number of hydrogen-bond acceptors (Lipinski definition) is 7. The number of nitro benzene ring substituents is 2. The second-order valence-electron chi connectivity index (χ2n) is 5.54. The Balaban J connectivity index is 2.12. The lowest BCUT2D eigenvalue weighted by molar-refractivity contribution is -0.385. The van der Waals surface area contributed by atoms with Crippen LogP contribution in [0.15, 0.2) is 54.6 Å². The fraction of sp³-hybridized carbons (Fsp3) is 0. The molecule has 0 aliphatic rings. The summed E-state index contributed by atoms with van der Waals surface area (Å²) in [6.07, 6.45) is 0. The molecule has 3 aromatic rings. The van der Waals surface area contributed by atoms with Crippen molar-refractivity contribution in [1.82, 2.24) is 4.98 Å². The summed E-state index contributed by atoms with van der Waals surface area (Å²) in [4.78, 5) is 24.8. The number of anilines is 1. The van der Waals surface area contributed by atoms with Crippen LogP contribution in [-0.4, -0.2) is 14.8 Å². The van der Waals surface area contributed by atoms with Gasteiger partial charge in [-0.2, -0.15) is 5.26 Å². The lowest BCUT2D eigenvalue weighted by Gasteiger charge is -2.10. The topological polar surface area (TPSA) is 149 Å². The van der Waals surface area contributed by atoms with E-state index >= 15 is 0 Å². The van der Waals surface area contributed by atoms with Crippen LogP contribution in [0.2, 0.25) is 0 Å². The first-order chi connectivity index (χ1) is 12.9. The molecule has 0 amide bonds. The van der Waals surface area contributed by atoms with E-state index in [2.05, 4.69) is 4.98 Å². The van der Waals surface area contributed by atoms with Gasteiger partial charge in [0.15, 0.2) is 0 Å². The van der Waals surface area contributed by atoms with Crippen LogP contribution >= 0.6 is 0 Å². The zero-order valence-corrected chi connectivity index (χ0v) is 13.7. The van der Waals surface area contributed by atoms with Crippen LogP contribution in [0.1, 0.15) is 5.56 Å². The predicted octanol–water partition coefficient (Wildman–Crippen LogP) is 3.69. The molecule has 0 saturated carbocycles. The number of rotatable bonds is 4. The van der Waals surface area contributed by atoms with Crippen molar-refractivity contribution in [3.05, 3.63) is 80.4 Å². The highest BCUT2D eigenvalue weighted by Crippen LogP contribution is 2.32. The number of pyridine rings is 1. The van der Waals surface area contributed by atoms with Gasteiger partial charge in [0.2, 0.25) is 0 Å². The van der Waals surface area contributed by atoms with E-state index < -0.39 is 9.85 Å². The van der Waals surface area contributed by atoms with Crippen molar-refractivity contribution in [2.75, 3.05) is 5.73 Å². The number of non-ortho nitro benzene ring substituents is 2. The smallest absolute Gasteiger partial charge is 0.269 e. The van der Waals surface area contributed by atoms with Gasteiger partial charge in [-0.15, -0.1) is 0 Å². The Morgan fingerprint density at radius 3 is 1.81 bits per heavy atom. The maximum absolute atomic E-state index is 10.8. The van der Waals surface area contributed by atoms with E-state index in [0.717, 1.165) is 0 Å². The lowest BCUT2D eigenvalue weighted by Crippen LogP contribution is -2.00. The molecule has 0 saturated heterocycles. The number of nitriles is 1. The molecule has 0 atom stereocenters. The summed E-state index contributed by atoms with van der Waals surface area (Å²) in [5, 5.41) is 31.0. The normalized spacial score (nSPS) is 10.2. The Labute approximate surface area is 152 Å². The van der Waals surface area contributed by atoms with Crippen LogP contribution in [0.4, 0.5) is 17.2 Å². The van der Waals surface area contributed by atoms with Crippen LogP contribution in [-0.2, 0) is 0 Å². The second kappa shape index (κ2) is 6.89. The molecule has 0 aliphatic carbocycles. The van der Waals surface area contributed by atoms with E-state index in [1.807, 2.05) is 6.07 Å². The van der Waals surface area contributed by atoms with Gasteiger partial charge in [0.25, 0.3) is 11.4 Å². The predicted molar refractivity (Wildman–Crippen MR) is 97.5 cm³/mol. The van der Waals surface area contributed by atoms with Gasteiger partial charge in [0.1, 0.15) is 17.5 Å². The largest absolute Gasteiger partial charge is 0.383 e. The fourth-order valence-electron chi connectivity index (χ4n) is 2.57. The van der Waals surface area contributed by atoms with Gasteiger partial charge in [0.05, 0.1) is 15.5 Å². The van der Waals surface area contributed by atoms with Crippen molar-refractivity contribution in [2.24, 2.45) is 0 Å². The summed E-state index contributed by atoms with van der Waals surface area (Å²) in [5.74, 6) is 0.00158. The molecule has 1 aromatic heterocycles. The molecule has 2 N–H and O–H groups in total. The zero-order chi connectivity index (χ0) is 19.6. The van der Waals surface area contributed by atoms with E-state index in [9.17, 15) is 25.5 Å². The summed E-state index contributed by atoms with van der Waals surface area (Å²) < 4.78 is 0. The first kappa shape index (κ1) is 17.5. The highest BCUT2D eigenvalue weighted by Gasteiger charge is 2.15. The molecule has 0 unspecified atom stereocenters. The molecule has 0 spiro atoms. The first-order valence-electron chi connectivity index (χ1n) is 7.61. The minimum Gasteiger partial charge on any atom is -0.383 e. The molecule has 27 heavy (non-hydrogen) atoms. The van der Waals surface area contributed by atoms with Crippen LogP contribution in [0.3, 0.4) is 0 Å². The van der Waals surface area contributed by atoms with E-state index in [1.165, 1.54) is 48.5 Å². The molecule has 0 bridgehead atoms. The maximum atomic E-state index is 10.8. The quantitative estimate of drug-likeness (QED) is 0.550. The summed E-state index contributed by atoms with van der Waals surface area (Å²) in [6, 6.07) is 15.1. The Bertz CT molecular complexity index is 1090. The summed E-state index contributed by atoms with van der Waals surface area (Å²) in [7, 11) is 0. The van der Waals surface area contributed by atoms with Gasteiger partial charge < -0.3 is 5.73 Å². The van der Waals surface area contributed by atoms with E-state index in [0.29, 0.717) is 22.4 Å². The number of nitrogens with zero attached hydrogens (tertiary/aromatic N) is 4. The van der Waals surface area contributed by atoms with Gasteiger partial charge in [-0.3, -0.25) is 20.2 Å². The van der Waals surface area contributed by atoms with Crippen molar-refractivity contribution in [3.8, 4) is 28.5 Å². The average Bonchev–Trinajstić information content (AvgIpc) is 2.67. The molecule has 0 fully saturated rings. The zero-order valence-electron chi connectivity index (χ0n) is 13.7. The van der Waals surface area contributed by atoms with Crippen LogP contribution in [0, 0.1) is 31.6 Å². The Morgan fingerprint density at radius 2 is 1.37 bits per heavy atom. The van der Waals surface area contributed by atoms with Crippen molar-refractivity contribution in [1.29, 1.82) is 5.26 Å². The van der Waals surface area contributed by atoms with Crippen molar-refractivity contribution >= 4 is 17.2 Å². The number of nitro groups is 2. The van der Waals surface area contributed by atoms with Gasteiger partial charge >= 0.3 is 0 Å². The second-order valence-corrected chi connectivity index (χ2v) is 5.54. The fourth-order valence-corrected chi connectivity index (χ4v) is 2.57. The van der Waals surface area contributed by atoms with E-state index in [1.54, 1.807) is 6.07 Å². The molecule has 9 nitrogen and oxygen atoms in total. The third-order valence-electron chi connectivity index (χ3n) is 3.92. The molecular formula is C18H11N5O4. The number of nitrogen functional groups attached to an aromatic ring is 1. The molecule has 132 valence electrons. The minimum atomic E-state index is -0.516. The molecular weight excluding hydrogens is 350 g/mol.